The van der Waals surface area contributed by atoms with Crippen molar-refractivity contribution in [2.24, 2.45) is 5.92 Å². The monoisotopic (exact) mass is 250 g/mol. The molecule has 1 fully saturated rings. The van der Waals surface area contributed by atoms with E-state index < -0.39 is 7.12 Å². The average molecular weight is 250 g/mol. The summed E-state index contributed by atoms with van der Waals surface area (Å²) in [5.41, 5.74) is 1.68. The van der Waals surface area contributed by atoms with Crippen molar-refractivity contribution in [2.75, 3.05) is 27.1 Å². The first kappa shape index (κ1) is 12.0. The first-order valence-electron chi connectivity index (χ1n) is 5.97. The van der Waals surface area contributed by atoms with E-state index in [2.05, 4.69) is 0 Å². The molecule has 96 valence electrons. The number of ether oxygens (including phenoxy) is 3. The van der Waals surface area contributed by atoms with E-state index in [0.29, 0.717) is 25.8 Å². The fraction of sp³-hybridized carbons (Fsp3) is 0.500. The lowest BCUT2D eigenvalue weighted by Gasteiger charge is -2.28. The Bertz CT molecular complexity index is 432. The summed E-state index contributed by atoms with van der Waals surface area (Å²) in [7, 11) is 0.644. The molecule has 5 nitrogen and oxygen atoms in total. The molecule has 1 unspecified atom stereocenters. The fourth-order valence-electron chi connectivity index (χ4n) is 2.58. The Balaban J connectivity index is 1.93. The van der Waals surface area contributed by atoms with Crippen LogP contribution in [0.15, 0.2) is 18.2 Å². The average Bonchev–Trinajstić information content (AvgIpc) is 2.77. The van der Waals surface area contributed by atoms with Gasteiger partial charge in [0.1, 0.15) is 12.5 Å². The second-order valence-electron chi connectivity index (χ2n) is 4.49. The van der Waals surface area contributed by atoms with Crippen molar-refractivity contribution in [1.29, 1.82) is 0 Å². The second kappa shape index (κ2) is 4.89. The molecule has 0 amide bonds. The molecule has 1 atom stereocenters. The van der Waals surface area contributed by atoms with E-state index in [4.69, 9.17) is 18.9 Å². The molecule has 0 spiro atoms. The van der Waals surface area contributed by atoms with Gasteiger partial charge in [0, 0.05) is 11.4 Å². The Labute approximate surface area is 106 Å². The maximum atomic E-state index is 10.0. The normalized spacial score (nSPS) is 24.1. The van der Waals surface area contributed by atoms with E-state index in [0.717, 1.165) is 11.0 Å². The maximum Gasteiger partial charge on any atom is 0.495 e. The van der Waals surface area contributed by atoms with E-state index >= 15 is 0 Å². The lowest BCUT2D eigenvalue weighted by molar-refractivity contribution is -0.146. The minimum atomic E-state index is -0.942. The van der Waals surface area contributed by atoms with Crippen LogP contribution in [0.1, 0.15) is 11.7 Å². The van der Waals surface area contributed by atoms with E-state index in [1.54, 1.807) is 7.11 Å². The van der Waals surface area contributed by atoms with E-state index in [1.807, 2.05) is 18.2 Å². The summed E-state index contributed by atoms with van der Waals surface area (Å²) >= 11 is 0. The van der Waals surface area contributed by atoms with Crippen LogP contribution in [-0.2, 0) is 14.1 Å². The van der Waals surface area contributed by atoms with Crippen molar-refractivity contribution in [3.63, 3.8) is 0 Å². The highest BCUT2D eigenvalue weighted by molar-refractivity contribution is 6.62. The molecule has 0 aromatic heterocycles. The fourth-order valence-corrected chi connectivity index (χ4v) is 2.58. The molecular weight excluding hydrogens is 235 g/mol. The smallest absolute Gasteiger partial charge is 0.495 e. The van der Waals surface area contributed by atoms with Crippen LogP contribution >= 0.6 is 0 Å². The SMILES string of the molecule is COc1cccc2c1B(O)OC2C1COCOC1. The zero-order valence-electron chi connectivity index (χ0n) is 10.2. The number of benzene rings is 1. The standard InChI is InChI=1S/C12H15BO5/c1-15-10-4-2-3-9-11(10)13(14)18-12(9)8-5-16-7-17-6-8/h2-4,8,12,14H,5-7H2,1H3. The van der Waals surface area contributed by atoms with Crippen LogP contribution < -0.4 is 10.2 Å². The van der Waals surface area contributed by atoms with Crippen molar-refractivity contribution >= 4 is 12.6 Å². The Hall–Kier alpha value is -1.08. The van der Waals surface area contributed by atoms with Gasteiger partial charge in [-0.1, -0.05) is 12.1 Å². The predicted molar refractivity (Wildman–Crippen MR) is 64.7 cm³/mol. The summed E-state index contributed by atoms with van der Waals surface area (Å²) in [6.07, 6.45) is -0.203. The Morgan fingerprint density at radius 3 is 2.83 bits per heavy atom. The molecule has 1 N–H and O–H groups in total. The van der Waals surface area contributed by atoms with Crippen molar-refractivity contribution in [3.05, 3.63) is 23.8 Å². The summed E-state index contributed by atoms with van der Waals surface area (Å²) < 4.78 is 21.5. The highest BCUT2D eigenvalue weighted by atomic mass is 16.7. The number of fused-ring (bicyclic) bond motifs is 1. The first-order chi connectivity index (χ1) is 8.81. The van der Waals surface area contributed by atoms with Crippen LogP contribution in [0.5, 0.6) is 5.75 Å². The highest BCUT2D eigenvalue weighted by Gasteiger charge is 2.42. The van der Waals surface area contributed by atoms with Crippen LogP contribution in [0.3, 0.4) is 0 Å². The first-order valence-corrected chi connectivity index (χ1v) is 5.97. The van der Waals surface area contributed by atoms with Crippen LogP contribution in [0.25, 0.3) is 0 Å². The van der Waals surface area contributed by atoms with Crippen molar-refractivity contribution in [3.8, 4) is 5.75 Å². The molecule has 1 aromatic rings. The van der Waals surface area contributed by atoms with Crippen LogP contribution in [-0.4, -0.2) is 39.3 Å². The van der Waals surface area contributed by atoms with Gasteiger partial charge >= 0.3 is 7.12 Å². The van der Waals surface area contributed by atoms with Gasteiger partial charge in [-0.25, -0.2) is 0 Å². The zero-order chi connectivity index (χ0) is 12.5. The molecule has 0 radical (unpaired) electrons. The number of methoxy groups -OCH3 is 1. The number of rotatable bonds is 2. The third kappa shape index (κ3) is 1.91. The lowest BCUT2D eigenvalue weighted by atomic mass is 9.78. The number of hydrogen-bond acceptors (Lipinski definition) is 5. The van der Waals surface area contributed by atoms with E-state index in [1.165, 1.54) is 0 Å². The van der Waals surface area contributed by atoms with Crippen molar-refractivity contribution in [2.45, 2.75) is 6.10 Å². The molecule has 0 saturated carbocycles. The summed E-state index contributed by atoms with van der Waals surface area (Å²) in [5, 5.41) is 10.0. The van der Waals surface area contributed by atoms with Gasteiger partial charge in [-0.2, -0.15) is 0 Å². The Morgan fingerprint density at radius 1 is 1.33 bits per heavy atom. The molecule has 18 heavy (non-hydrogen) atoms. The zero-order valence-corrected chi connectivity index (χ0v) is 10.2. The maximum absolute atomic E-state index is 10.0. The van der Waals surface area contributed by atoms with Gasteiger partial charge in [-0.3, -0.25) is 0 Å². The van der Waals surface area contributed by atoms with Crippen LogP contribution in [0.4, 0.5) is 0 Å². The van der Waals surface area contributed by atoms with Gasteiger partial charge in [-0.15, -0.1) is 0 Å². The molecule has 3 rings (SSSR count). The highest BCUT2D eigenvalue weighted by Crippen LogP contribution is 2.34. The molecule has 2 aliphatic heterocycles. The quantitative estimate of drug-likeness (QED) is 0.753. The van der Waals surface area contributed by atoms with Gasteiger partial charge in [0.05, 0.1) is 26.4 Å². The van der Waals surface area contributed by atoms with E-state index in [-0.39, 0.29) is 12.0 Å². The summed E-state index contributed by atoms with van der Waals surface area (Å²) in [6, 6.07) is 5.67. The van der Waals surface area contributed by atoms with Crippen LogP contribution in [0, 0.1) is 5.92 Å². The van der Waals surface area contributed by atoms with Gasteiger partial charge in [0.25, 0.3) is 0 Å². The molecule has 0 bridgehead atoms. The Kier molecular flexibility index (Phi) is 3.26. The van der Waals surface area contributed by atoms with Gasteiger partial charge in [0.15, 0.2) is 0 Å². The lowest BCUT2D eigenvalue weighted by Crippen LogP contribution is -2.31. The molecule has 2 aliphatic rings. The minimum Gasteiger partial charge on any atom is -0.497 e. The third-order valence-corrected chi connectivity index (χ3v) is 3.41. The summed E-state index contributed by atoms with van der Waals surface area (Å²) in [6.45, 7) is 1.48. The summed E-state index contributed by atoms with van der Waals surface area (Å²) in [4.78, 5) is 0. The molecule has 1 aromatic carbocycles. The molecule has 6 heteroatoms. The molecule has 0 aliphatic carbocycles. The van der Waals surface area contributed by atoms with Crippen molar-refractivity contribution in [1.82, 2.24) is 0 Å². The summed E-state index contributed by atoms with van der Waals surface area (Å²) in [5.74, 6) is 0.752. The van der Waals surface area contributed by atoms with Crippen LogP contribution in [0.2, 0.25) is 0 Å². The van der Waals surface area contributed by atoms with Gasteiger partial charge in [-0.05, 0) is 11.6 Å². The second-order valence-corrected chi connectivity index (χ2v) is 4.49. The largest absolute Gasteiger partial charge is 0.497 e. The topological polar surface area (TPSA) is 57.2 Å². The third-order valence-electron chi connectivity index (χ3n) is 3.41. The van der Waals surface area contributed by atoms with E-state index in [9.17, 15) is 5.02 Å². The van der Waals surface area contributed by atoms with Gasteiger partial charge < -0.3 is 23.9 Å². The minimum absolute atomic E-state index is 0.0988. The molecular formula is C12H15BO5. The Morgan fingerprint density at radius 2 is 2.11 bits per heavy atom. The molecule has 2 heterocycles. The van der Waals surface area contributed by atoms with Gasteiger partial charge in [0.2, 0.25) is 0 Å². The molecule has 1 saturated heterocycles. The number of hydrogen-bond donors (Lipinski definition) is 1. The van der Waals surface area contributed by atoms with Crippen molar-refractivity contribution < 1.29 is 23.9 Å². The predicted octanol–water partition coefficient (Wildman–Crippen LogP) is 0.0745.